The zero-order valence-electron chi connectivity index (χ0n) is 11.1. The Hall–Kier alpha value is -0.970. The van der Waals surface area contributed by atoms with Crippen molar-refractivity contribution < 1.29 is 9.50 Å². The molecule has 0 radical (unpaired) electrons. The van der Waals surface area contributed by atoms with Crippen LogP contribution >= 0.6 is 0 Å². The first-order chi connectivity index (χ1) is 9.22. The number of nitrogens with one attached hydrogen (secondary N) is 1. The molecule has 3 rings (SSSR count). The fraction of sp³-hybridized carbons (Fsp3) is 0.600. The molecule has 2 N–H and O–H groups in total. The molecule has 1 saturated carbocycles. The molecule has 1 aliphatic carbocycles. The van der Waals surface area contributed by atoms with Crippen molar-refractivity contribution in [2.24, 2.45) is 0 Å². The van der Waals surface area contributed by atoms with E-state index in [1.54, 1.807) is 12.1 Å². The molecule has 19 heavy (non-hydrogen) atoms. The Morgan fingerprint density at radius 1 is 1.26 bits per heavy atom. The number of hydrogen-bond acceptors (Lipinski definition) is 3. The van der Waals surface area contributed by atoms with Gasteiger partial charge in [-0.1, -0.05) is 12.1 Å². The SMILES string of the molecule is OC(CNC1CCN(C2CC2)C1)c1ccc(F)cc1. The number of rotatable bonds is 5. The van der Waals surface area contributed by atoms with E-state index in [-0.39, 0.29) is 5.82 Å². The Labute approximate surface area is 113 Å². The van der Waals surface area contributed by atoms with Crippen molar-refractivity contribution in [3.8, 4) is 0 Å². The predicted octanol–water partition coefficient (Wildman–Crippen LogP) is 1.69. The van der Waals surface area contributed by atoms with E-state index >= 15 is 0 Å². The quantitative estimate of drug-likeness (QED) is 0.849. The van der Waals surface area contributed by atoms with Crippen LogP contribution in [-0.2, 0) is 0 Å². The molecule has 1 heterocycles. The minimum absolute atomic E-state index is 0.264. The monoisotopic (exact) mass is 264 g/mol. The lowest BCUT2D eigenvalue weighted by Gasteiger charge is -2.18. The highest BCUT2D eigenvalue weighted by Gasteiger charge is 2.34. The third-order valence-electron chi connectivity index (χ3n) is 4.14. The molecular weight excluding hydrogens is 243 g/mol. The Balaban J connectivity index is 1.45. The highest BCUT2D eigenvalue weighted by molar-refractivity contribution is 5.18. The van der Waals surface area contributed by atoms with E-state index in [2.05, 4.69) is 10.2 Å². The number of benzene rings is 1. The summed E-state index contributed by atoms with van der Waals surface area (Å²) in [6.45, 7) is 2.81. The zero-order chi connectivity index (χ0) is 13.2. The van der Waals surface area contributed by atoms with Crippen LogP contribution in [0.15, 0.2) is 24.3 Å². The van der Waals surface area contributed by atoms with Gasteiger partial charge in [0.05, 0.1) is 6.10 Å². The zero-order valence-corrected chi connectivity index (χ0v) is 11.1. The number of likely N-dealkylation sites (tertiary alicyclic amines) is 1. The summed E-state index contributed by atoms with van der Waals surface area (Å²) in [4.78, 5) is 2.54. The lowest BCUT2D eigenvalue weighted by Crippen LogP contribution is -2.35. The molecule has 104 valence electrons. The number of hydrogen-bond donors (Lipinski definition) is 2. The molecule has 2 atom stereocenters. The Kier molecular flexibility index (Phi) is 3.82. The molecule has 0 bridgehead atoms. The molecule has 1 aliphatic heterocycles. The minimum atomic E-state index is -0.560. The van der Waals surface area contributed by atoms with Gasteiger partial charge in [0.1, 0.15) is 5.82 Å². The van der Waals surface area contributed by atoms with Gasteiger partial charge in [0.2, 0.25) is 0 Å². The van der Waals surface area contributed by atoms with Gasteiger partial charge in [-0.3, -0.25) is 4.90 Å². The first-order valence-electron chi connectivity index (χ1n) is 7.13. The van der Waals surface area contributed by atoms with Gasteiger partial charge >= 0.3 is 0 Å². The molecule has 0 amide bonds. The van der Waals surface area contributed by atoms with Gasteiger partial charge in [-0.05, 0) is 37.0 Å². The van der Waals surface area contributed by atoms with E-state index in [0.717, 1.165) is 24.6 Å². The van der Waals surface area contributed by atoms with Gasteiger partial charge < -0.3 is 10.4 Å². The summed E-state index contributed by atoms with van der Waals surface area (Å²) in [5.74, 6) is -0.264. The number of nitrogens with zero attached hydrogens (tertiary/aromatic N) is 1. The van der Waals surface area contributed by atoms with Crippen LogP contribution in [0.4, 0.5) is 4.39 Å². The Morgan fingerprint density at radius 3 is 2.68 bits per heavy atom. The van der Waals surface area contributed by atoms with Crippen LogP contribution in [0.3, 0.4) is 0 Å². The van der Waals surface area contributed by atoms with Gasteiger partial charge in [0, 0.05) is 31.7 Å². The summed E-state index contributed by atoms with van der Waals surface area (Å²) in [6, 6.07) is 7.38. The van der Waals surface area contributed by atoms with E-state index < -0.39 is 6.10 Å². The molecule has 2 unspecified atom stereocenters. The van der Waals surface area contributed by atoms with Crippen molar-refractivity contribution in [1.29, 1.82) is 0 Å². The van der Waals surface area contributed by atoms with Crippen molar-refractivity contribution in [2.75, 3.05) is 19.6 Å². The highest BCUT2D eigenvalue weighted by Crippen LogP contribution is 2.29. The highest BCUT2D eigenvalue weighted by atomic mass is 19.1. The van der Waals surface area contributed by atoms with Gasteiger partial charge in [-0.15, -0.1) is 0 Å². The molecule has 3 nitrogen and oxygen atoms in total. The minimum Gasteiger partial charge on any atom is -0.387 e. The van der Waals surface area contributed by atoms with Crippen LogP contribution in [0.1, 0.15) is 30.9 Å². The van der Waals surface area contributed by atoms with E-state index in [4.69, 9.17) is 0 Å². The topological polar surface area (TPSA) is 35.5 Å². The smallest absolute Gasteiger partial charge is 0.123 e. The maximum Gasteiger partial charge on any atom is 0.123 e. The standard InChI is InChI=1S/C15H21FN2O/c16-12-3-1-11(2-4-12)15(19)9-17-13-7-8-18(10-13)14-5-6-14/h1-4,13-15,17,19H,5-10H2. The molecule has 0 spiro atoms. The van der Waals surface area contributed by atoms with E-state index in [1.165, 1.54) is 31.5 Å². The molecule has 1 aromatic carbocycles. The number of aliphatic hydroxyl groups excluding tert-OH is 1. The second-order valence-electron chi connectivity index (χ2n) is 5.69. The van der Waals surface area contributed by atoms with Gasteiger partial charge in [-0.2, -0.15) is 0 Å². The lowest BCUT2D eigenvalue weighted by molar-refractivity contribution is 0.169. The first kappa shape index (κ1) is 13.0. The second-order valence-corrected chi connectivity index (χ2v) is 5.69. The van der Waals surface area contributed by atoms with Crippen LogP contribution in [-0.4, -0.2) is 41.7 Å². The Morgan fingerprint density at radius 2 is 2.00 bits per heavy atom. The van der Waals surface area contributed by atoms with Gasteiger partial charge in [0.15, 0.2) is 0 Å². The molecule has 4 heteroatoms. The predicted molar refractivity (Wildman–Crippen MR) is 72.4 cm³/mol. The summed E-state index contributed by atoms with van der Waals surface area (Å²) >= 11 is 0. The average Bonchev–Trinajstić information content (AvgIpc) is 3.16. The van der Waals surface area contributed by atoms with Crippen LogP contribution in [0.5, 0.6) is 0 Å². The van der Waals surface area contributed by atoms with Crippen molar-refractivity contribution in [2.45, 2.75) is 37.5 Å². The average molecular weight is 264 g/mol. The molecular formula is C15H21FN2O. The van der Waals surface area contributed by atoms with Crippen LogP contribution in [0.25, 0.3) is 0 Å². The fourth-order valence-electron chi connectivity index (χ4n) is 2.81. The van der Waals surface area contributed by atoms with E-state index in [1.807, 2.05) is 0 Å². The van der Waals surface area contributed by atoms with Crippen molar-refractivity contribution in [1.82, 2.24) is 10.2 Å². The maximum atomic E-state index is 12.8. The third kappa shape index (κ3) is 3.32. The maximum absolute atomic E-state index is 12.8. The van der Waals surface area contributed by atoms with Crippen molar-refractivity contribution in [3.63, 3.8) is 0 Å². The molecule has 1 saturated heterocycles. The fourth-order valence-corrected chi connectivity index (χ4v) is 2.81. The van der Waals surface area contributed by atoms with Crippen LogP contribution in [0.2, 0.25) is 0 Å². The largest absolute Gasteiger partial charge is 0.387 e. The van der Waals surface area contributed by atoms with E-state index in [9.17, 15) is 9.50 Å². The first-order valence-corrected chi connectivity index (χ1v) is 7.13. The van der Waals surface area contributed by atoms with Crippen LogP contribution in [0, 0.1) is 5.82 Å². The molecule has 2 fully saturated rings. The summed E-state index contributed by atoms with van der Waals surface area (Å²) in [5, 5.41) is 13.5. The molecule has 1 aromatic rings. The van der Waals surface area contributed by atoms with Gasteiger partial charge in [-0.25, -0.2) is 4.39 Å². The summed E-state index contributed by atoms with van der Waals surface area (Å²) in [6.07, 6.45) is 3.30. The Bertz CT molecular complexity index is 419. The van der Waals surface area contributed by atoms with Crippen molar-refractivity contribution >= 4 is 0 Å². The van der Waals surface area contributed by atoms with Gasteiger partial charge in [0.25, 0.3) is 0 Å². The summed E-state index contributed by atoms with van der Waals surface area (Å²) in [5.41, 5.74) is 0.769. The van der Waals surface area contributed by atoms with Crippen molar-refractivity contribution in [3.05, 3.63) is 35.6 Å². The van der Waals surface area contributed by atoms with E-state index in [0.29, 0.717) is 12.6 Å². The third-order valence-corrected chi connectivity index (χ3v) is 4.14. The normalized spacial score (nSPS) is 25.7. The lowest BCUT2D eigenvalue weighted by atomic mass is 10.1. The number of aliphatic hydroxyl groups is 1. The molecule has 2 aliphatic rings. The summed E-state index contributed by atoms with van der Waals surface area (Å²) in [7, 11) is 0. The number of halogens is 1. The summed E-state index contributed by atoms with van der Waals surface area (Å²) < 4.78 is 12.8. The van der Waals surface area contributed by atoms with Crippen LogP contribution < -0.4 is 5.32 Å². The second kappa shape index (κ2) is 5.57. The molecule has 0 aromatic heterocycles.